The lowest BCUT2D eigenvalue weighted by Crippen LogP contribution is -2.02. The normalized spacial score (nSPS) is 11.4. The standard InChI is InChI=1S/C10H18O2/c1-4-6-7-12-10(11)8-9(3)5-2/h8H,4-7H2,1-3H3/b9-8-. The van der Waals surface area contributed by atoms with Crippen molar-refractivity contribution in [2.75, 3.05) is 6.61 Å². The lowest BCUT2D eigenvalue weighted by molar-refractivity contribution is -0.137. The van der Waals surface area contributed by atoms with E-state index < -0.39 is 0 Å². The van der Waals surface area contributed by atoms with Crippen molar-refractivity contribution in [3.05, 3.63) is 11.6 Å². The van der Waals surface area contributed by atoms with Crippen molar-refractivity contribution in [1.29, 1.82) is 0 Å². The van der Waals surface area contributed by atoms with Crippen LogP contribution in [0.2, 0.25) is 0 Å². The Labute approximate surface area is 74.6 Å². The van der Waals surface area contributed by atoms with Gasteiger partial charge in [0.25, 0.3) is 0 Å². The summed E-state index contributed by atoms with van der Waals surface area (Å²) in [5.41, 5.74) is 1.07. The van der Waals surface area contributed by atoms with E-state index in [2.05, 4.69) is 6.92 Å². The first kappa shape index (κ1) is 11.2. The number of carbonyl (C=O) groups is 1. The van der Waals surface area contributed by atoms with Crippen LogP contribution in [0.4, 0.5) is 0 Å². The number of hydrogen-bond acceptors (Lipinski definition) is 2. The number of rotatable bonds is 5. The molecule has 2 nitrogen and oxygen atoms in total. The summed E-state index contributed by atoms with van der Waals surface area (Å²) in [7, 11) is 0. The summed E-state index contributed by atoms with van der Waals surface area (Å²) in [6.45, 7) is 6.57. The molecule has 0 bridgehead atoms. The molecule has 0 saturated heterocycles. The second-order valence-corrected chi connectivity index (χ2v) is 2.87. The van der Waals surface area contributed by atoms with Crippen LogP contribution in [0, 0.1) is 0 Å². The van der Waals surface area contributed by atoms with E-state index in [0.29, 0.717) is 6.61 Å². The van der Waals surface area contributed by atoms with Gasteiger partial charge in [0.15, 0.2) is 0 Å². The molecule has 12 heavy (non-hydrogen) atoms. The van der Waals surface area contributed by atoms with Crippen LogP contribution in [-0.4, -0.2) is 12.6 Å². The Kier molecular flexibility index (Phi) is 6.44. The summed E-state index contributed by atoms with van der Waals surface area (Å²) >= 11 is 0. The minimum atomic E-state index is -0.206. The van der Waals surface area contributed by atoms with Crippen LogP contribution in [0.1, 0.15) is 40.0 Å². The molecular weight excluding hydrogens is 152 g/mol. The highest BCUT2D eigenvalue weighted by Gasteiger charge is 1.96. The molecular formula is C10H18O2. The molecule has 2 heteroatoms. The molecule has 0 aromatic heterocycles. The van der Waals surface area contributed by atoms with E-state index in [1.165, 1.54) is 0 Å². The molecule has 0 radical (unpaired) electrons. The Balaban J connectivity index is 3.59. The molecule has 0 atom stereocenters. The van der Waals surface area contributed by atoms with Gasteiger partial charge in [0.2, 0.25) is 0 Å². The van der Waals surface area contributed by atoms with Crippen molar-refractivity contribution in [3.8, 4) is 0 Å². The summed E-state index contributed by atoms with van der Waals surface area (Å²) in [6, 6.07) is 0. The van der Waals surface area contributed by atoms with Crippen LogP contribution < -0.4 is 0 Å². The summed E-state index contributed by atoms with van der Waals surface area (Å²) < 4.78 is 4.94. The van der Waals surface area contributed by atoms with Gasteiger partial charge >= 0.3 is 5.97 Å². The molecule has 0 aliphatic heterocycles. The van der Waals surface area contributed by atoms with Crippen LogP contribution >= 0.6 is 0 Å². The van der Waals surface area contributed by atoms with Crippen LogP contribution in [0.5, 0.6) is 0 Å². The molecule has 0 aromatic carbocycles. The zero-order chi connectivity index (χ0) is 9.40. The van der Waals surface area contributed by atoms with Gasteiger partial charge in [-0.25, -0.2) is 4.79 Å². The zero-order valence-electron chi connectivity index (χ0n) is 8.22. The van der Waals surface area contributed by atoms with E-state index in [4.69, 9.17) is 4.74 Å². The Morgan fingerprint density at radius 2 is 2.08 bits per heavy atom. The van der Waals surface area contributed by atoms with Crippen LogP contribution in [-0.2, 0) is 9.53 Å². The fourth-order valence-electron chi connectivity index (χ4n) is 0.662. The van der Waals surface area contributed by atoms with Crippen LogP contribution in [0.15, 0.2) is 11.6 Å². The van der Waals surface area contributed by atoms with E-state index in [1.807, 2.05) is 13.8 Å². The molecule has 0 fully saturated rings. The molecule has 0 rings (SSSR count). The van der Waals surface area contributed by atoms with Crippen molar-refractivity contribution >= 4 is 5.97 Å². The minimum Gasteiger partial charge on any atom is -0.463 e. The minimum absolute atomic E-state index is 0.206. The number of allylic oxidation sites excluding steroid dienone is 1. The highest BCUT2D eigenvalue weighted by molar-refractivity contribution is 5.82. The van der Waals surface area contributed by atoms with Gasteiger partial charge in [0.05, 0.1) is 6.61 Å². The van der Waals surface area contributed by atoms with Crippen molar-refractivity contribution in [3.63, 3.8) is 0 Å². The highest BCUT2D eigenvalue weighted by atomic mass is 16.5. The van der Waals surface area contributed by atoms with Crippen LogP contribution in [0.25, 0.3) is 0 Å². The molecule has 0 N–H and O–H groups in total. The molecule has 0 heterocycles. The Morgan fingerprint density at radius 1 is 1.42 bits per heavy atom. The third-order valence-electron chi connectivity index (χ3n) is 1.66. The SMILES string of the molecule is CCCCOC(=O)/C=C(/C)CC. The maximum Gasteiger partial charge on any atom is 0.330 e. The van der Waals surface area contributed by atoms with Crippen molar-refractivity contribution in [1.82, 2.24) is 0 Å². The van der Waals surface area contributed by atoms with Gasteiger partial charge in [0.1, 0.15) is 0 Å². The van der Waals surface area contributed by atoms with Crippen molar-refractivity contribution < 1.29 is 9.53 Å². The largest absolute Gasteiger partial charge is 0.463 e. The fourth-order valence-corrected chi connectivity index (χ4v) is 0.662. The molecule has 0 aliphatic carbocycles. The average Bonchev–Trinajstić information content (AvgIpc) is 2.05. The van der Waals surface area contributed by atoms with E-state index in [9.17, 15) is 4.79 Å². The van der Waals surface area contributed by atoms with Gasteiger partial charge in [-0.3, -0.25) is 0 Å². The number of ether oxygens (including phenoxy) is 1. The molecule has 0 aromatic rings. The quantitative estimate of drug-likeness (QED) is 0.360. The highest BCUT2D eigenvalue weighted by Crippen LogP contribution is 1.98. The number of unbranched alkanes of at least 4 members (excludes halogenated alkanes) is 1. The Hall–Kier alpha value is -0.790. The molecule has 0 amide bonds. The third kappa shape index (κ3) is 5.96. The number of esters is 1. The third-order valence-corrected chi connectivity index (χ3v) is 1.66. The summed E-state index contributed by atoms with van der Waals surface area (Å²) in [6.07, 6.45) is 4.48. The average molecular weight is 170 g/mol. The van der Waals surface area contributed by atoms with Gasteiger partial charge < -0.3 is 4.74 Å². The van der Waals surface area contributed by atoms with E-state index >= 15 is 0 Å². The maximum absolute atomic E-state index is 11.0. The lowest BCUT2D eigenvalue weighted by atomic mass is 10.2. The Bertz CT molecular complexity index is 159. The summed E-state index contributed by atoms with van der Waals surface area (Å²) in [5.74, 6) is -0.206. The van der Waals surface area contributed by atoms with Crippen LogP contribution in [0.3, 0.4) is 0 Å². The molecule has 0 unspecified atom stereocenters. The van der Waals surface area contributed by atoms with E-state index in [-0.39, 0.29) is 5.97 Å². The second-order valence-electron chi connectivity index (χ2n) is 2.87. The number of hydrogen-bond donors (Lipinski definition) is 0. The van der Waals surface area contributed by atoms with E-state index in [0.717, 1.165) is 24.8 Å². The predicted octanol–water partition coefficient (Wildman–Crippen LogP) is 2.69. The second kappa shape index (κ2) is 6.89. The fraction of sp³-hybridized carbons (Fsp3) is 0.700. The number of carbonyl (C=O) groups excluding carboxylic acids is 1. The van der Waals surface area contributed by atoms with Crippen molar-refractivity contribution in [2.45, 2.75) is 40.0 Å². The predicted molar refractivity (Wildman–Crippen MR) is 49.9 cm³/mol. The topological polar surface area (TPSA) is 26.3 Å². The zero-order valence-corrected chi connectivity index (χ0v) is 8.22. The first-order valence-corrected chi connectivity index (χ1v) is 4.54. The molecule has 0 saturated carbocycles. The van der Waals surface area contributed by atoms with Gasteiger partial charge in [-0.1, -0.05) is 25.8 Å². The summed E-state index contributed by atoms with van der Waals surface area (Å²) in [5, 5.41) is 0. The molecule has 0 aliphatic rings. The van der Waals surface area contributed by atoms with Gasteiger partial charge in [-0.2, -0.15) is 0 Å². The van der Waals surface area contributed by atoms with E-state index in [1.54, 1.807) is 6.08 Å². The molecule has 0 spiro atoms. The maximum atomic E-state index is 11.0. The Morgan fingerprint density at radius 3 is 2.58 bits per heavy atom. The van der Waals surface area contributed by atoms with Gasteiger partial charge in [-0.05, 0) is 19.8 Å². The first-order valence-electron chi connectivity index (χ1n) is 4.54. The van der Waals surface area contributed by atoms with Gasteiger partial charge in [0, 0.05) is 6.08 Å². The monoisotopic (exact) mass is 170 g/mol. The molecule has 70 valence electrons. The van der Waals surface area contributed by atoms with Gasteiger partial charge in [-0.15, -0.1) is 0 Å². The summed E-state index contributed by atoms with van der Waals surface area (Å²) in [4.78, 5) is 11.0. The smallest absolute Gasteiger partial charge is 0.330 e. The van der Waals surface area contributed by atoms with Crippen molar-refractivity contribution in [2.24, 2.45) is 0 Å². The first-order chi connectivity index (χ1) is 5.70. The lowest BCUT2D eigenvalue weighted by Gasteiger charge is -2.00.